The minimum absolute atomic E-state index is 0.269. The van der Waals surface area contributed by atoms with Gasteiger partial charge in [-0.1, -0.05) is 6.07 Å². The Morgan fingerprint density at radius 1 is 1.50 bits per heavy atom. The van der Waals surface area contributed by atoms with Gasteiger partial charge in [-0.15, -0.1) is 11.6 Å². The fourth-order valence-corrected chi connectivity index (χ4v) is 1.26. The van der Waals surface area contributed by atoms with Crippen molar-refractivity contribution in [3.05, 3.63) is 24.3 Å². The first kappa shape index (κ1) is 12.6. The zero-order valence-electron chi connectivity index (χ0n) is 9.13. The van der Waals surface area contributed by atoms with E-state index in [1.165, 1.54) is 0 Å². The van der Waals surface area contributed by atoms with Crippen molar-refractivity contribution in [2.24, 2.45) is 0 Å². The minimum Gasteiger partial charge on any atom is -0.494 e. The van der Waals surface area contributed by atoms with E-state index in [9.17, 15) is 4.79 Å². The number of halogens is 1. The Bertz CT molecular complexity index is 345. The van der Waals surface area contributed by atoms with Crippen LogP contribution >= 0.6 is 11.6 Å². The molecule has 0 heterocycles. The fourth-order valence-electron chi connectivity index (χ4n) is 1.17. The number of ether oxygens (including phenoxy) is 1. The molecule has 1 rings (SSSR count). The number of hydrogen-bond donors (Lipinski definition) is 2. The van der Waals surface area contributed by atoms with E-state index in [0.29, 0.717) is 24.7 Å². The van der Waals surface area contributed by atoms with Crippen molar-refractivity contribution < 1.29 is 9.53 Å². The van der Waals surface area contributed by atoms with Crippen molar-refractivity contribution in [3.63, 3.8) is 0 Å². The number of amides is 2. The molecule has 0 radical (unpaired) electrons. The standard InChI is InChI=1S/C11H15ClN2O2/c1-2-16-10-5-3-4-9(8-10)14-11(15)13-7-6-12/h3-5,8H,2,6-7H2,1H3,(H2,13,14,15). The fraction of sp³-hybridized carbons (Fsp3) is 0.364. The maximum absolute atomic E-state index is 11.3. The number of rotatable bonds is 5. The summed E-state index contributed by atoms with van der Waals surface area (Å²) in [6.45, 7) is 2.95. The minimum atomic E-state index is -0.269. The molecule has 1 aromatic carbocycles. The molecule has 0 aliphatic carbocycles. The number of hydrogen-bond acceptors (Lipinski definition) is 2. The predicted molar refractivity (Wildman–Crippen MR) is 65.4 cm³/mol. The van der Waals surface area contributed by atoms with Crippen LogP contribution in [0.5, 0.6) is 5.75 Å². The molecule has 0 aromatic heterocycles. The van der Waals surface area contributed by atoms with Crippen molar-refractivity contribution >= 4 is 23.3 Å². The van der Waals surface area contributed by atoms with Crippen LogP contribution in [0.25, 0.3) is 0 Å². The number of nitrogens with one attached hydrogen (secondary N) is 2. The highest BCUT2D eigenvalue weighted by Gasteiger charge is 2.01. The van der Waals surface area contributed by atoms with Gasteiger partial charge in [0.2, 0.25) is 0 Å². The Kier molecular flexibility index (Phi) is 5.50. The second kappa shape index (κ2) is 6.95. The molecule has 5 heteroatoms. The Labute approximate surface area is 99.9 Å². The number of alkyl halides is 1. The van der Waals surface area contributed by atoms with Crippen LogP contribution in [0.15, 0.2) is 24.3 Å². The Hall–Kier alpha value is -1.42. The van der Waals surface area contributed by atoms with Crippen molar-refractivity contribution in [1.82, 2.24) is 5.32 Å². The Balaban J connectivity index is 2.52. The lowest BCUT2D eigenvalue weighted by Crippen LogP contribution is -2.30. The molecule has 0 saturated heterocycles. The van der Waals surface area contributed by atoms with E-state index in [-0.39, 0.29) is 6.03 Å². The zero-order valence-corrected chi connectivity index (χ0v) is 9.88. The van der Waals surface area contributed by atoms with E-state index in [1.54, 1.807) is 12.1 Å². The first-order valence-corrected chi connectivity index (χ1v) is 5.63. The summed E-state index contributed by atoms with van der Waals surface area (Å²) in [6.07, 6.45) is 0. The molecule has 0 spiro atoms. The summed E-state index contributed by atoms with van der Waals surface area (Å²) < 4.78 is 5.32. The van der Waals surface area contributed by atoms with E-state index in [1.807, 2.05) is 19.1 Å². The summed E-state index contributed by atoms with van der Waals surface area (Å²) in [5.74, 6) is 1.13. The van der Waals surface area contributed by atoms with Gasteiger partial charge < -0.3 is 15.4 Å². The third kappa shape index (κ3) is 4.40. The van der Waals surface area contributed by atoms with Gasteiger partial charge in [0.25, 0.3) is 0 Å². The highest BCUT2D eigenvalue weighted by Crippen LogP contribution is 2.16. The van der Waals surface area contributed by atoms with E-state index in [0.717, 1.165) is 5.75 Å². The first-order chi connectivity index (χ1) is 7.76. The highest BCUT2D eigenvalue weighted by molar-refractivity contribution is 6.18. The highest BCUT2D eigenvalue weighted by atomic mass is 35.5. The number of carbonyl (C=O) groups is 1. The van der Waals surface area contributed by atoms with Gasteiger partial charge in [-0.25, -0.2) is 4.79 Å². The van der Waals surface area contributed by atoms with Gasteiger partial charge in [0.1, 0.15) is 5.75 Å². The smallest absolute Gasteiger partial charge is 0.319 e. The quantitative estimate of drug-likeness (QED) is 0.780. The number of anilines is 1. The molecule has 0 aliphatic rings. The largest absolute Gasteiger partial charge is 0.494 e. The lowest BCUT2D eigenvalue weighted by molar-refractivity contribution is 0.252. The molecule has 0 fully saturated rings. The molecule has 0 atom stereocenters. The van der Waals surface area contributed by atoms with Crippen LogP contribution in [0.2, 0.25) is 0 Å². The molecule has 1 aromatic rings. The van der Waals surface area contributed by atoms with Crippen molar-refractivity contribution in [1.29, 1.82) is 0 Å². The molecular formula is C11H15ClN2O2. The Morgan fingerprint density at radius 2 is 2.31 bits per heavy atom. The van der Waals surface area contributed by atoms with Gasteiger partial charge in [0, 0.05) is 24.2 Å². The maximum atomic E-state index is 11.3. The SMILES string of the molecule is CCOc1cccc(NC(=O)NCCCl)c1. The van der Waals surface area contributed by atoms with Gasteiger partial charge >= 0.3 is 6.03 Å². The summed E-state index contributed by atoms with van der Waals surface area (Å²) in [5, 5.41) is 5.30. The molecule has 4 nitrogen and oxygen atoms in total. The topological polar surface area (TPSA) is 50.4 Å². The molecule has 88 valence electrons. The Morgan fingerprint density at radius 3 is 3.00 bits per heavy atom. The predicted octanol–water partition coefficient (Wildman–Crippen LogP) is 2.45. The van der Waals surface area contributed by atoms with Crippen molar-refractivity contribution in [2.45, 2.75) is 6.92 Å². The van der Waals surface area contributed by atoms with E-state index >= 15 is 0 Å². The second-order valence-corrected chi connectivity index (χ2v) is 3.41. The van der Waals surface area contributed by atoms with E-state index in [4.69, 9.17) is 16.3 Å². The molecule has 16 heavy (non-hydrogen) atoms. The lowest BCUT2D eigenvalue weighted by atomic mass is 10.3. The lowest BCUT2D eigenvalue weighted by Gasteiger charge is -2.08. The first-order valence-electron chi connectivity index (χ1n) is 5.10. The van der Waals surface area contributed by atoms with Crippen LogP contribution in [-0.4, -0.2) is 25.1 Å². The molecule has 0 unspecified atom stereocenters. The average molecular weight is 243 g/mol. The van der Waals surface area contributed by atoms with E-state index < -0.39 is 0 Å². The summed E-state index contributed by atoms with van der Waals surface area (Å²) in [4.78, 5) is 11.3. The number of carbonyl (C=O) groups excluding carboxylic acids is 1. The third-order valence-corrected chi connectivity index (χ3v) is 1.97. The summed E-state index contributed by atoms with van der Waals surface area (Å²) in [6, 6.07) is 6.95. The molecule has 0 saturated carbocycles. The third-order valence-electron chi connectivity index (χ3n) is 1.78. The second-order valence-electron chi connectivity index (χ2n) is 3.03. The van der Waals surface area contributed by atoms with Crippen LogP contribution in [0.4, 0.5) is 10.5 Å². The van der Waals surface area contributed by atoms with Crippen molar-refractivity contribution in [3.8, 4) is 5.75 Å². The molecular weight excluding hydrogens is 228 g/mol. The van der Waals surface area contributed by atoms with Gasteiger partial charge in [0.15, 0.2) is 0 Å². The van der Waals surface area contributed by atoms with Gasteiger partial charge in [-0.2, -0.15) is 0 Å². The van der Waals surface area contributed by atoms with Crippen LogP contribution in [-0.2, 0) is 0 Å². The zero-order chi connectivity index (χ0) is 11.8. The molecule has 0 aliphatic heterocycles. The van der Waals surface area contributed by atoms with Gasteiger partial charge in [-0.05, 0) is 19.1 Å². The van der Waals surface area contributed by atoms with Crippen molar-refractivity contribution in [2.75, 3.05) is 24.3 Å². The van der Waals surface area contributed by atoms with E-state index in [2.05, 4.69) is 10.6 Å². The van der Waals surface area contributed by atoms with Crippen LogP contribution < -0.4 is 15.4 Å². The van der Waals surface area contributed by atoms with Crippen LogP contribution in [0.1, 0.15) is 6.92 Å². The summed E-state index contributed by atoms with van der Waals surface area (Å²) >= 11 is 5.45. The molecule has 0 bridgehead atoms. The maximum Gasteiger partial charge on any atom is 0.319 e. The molecule has 2 amide bonds. The normalized spacial score (nSPS) is 9.62. The van der Waals surface area contributed by atoms with Crippen LogP contribution in [0.3, 0.4) is 0 Å². The summed E-state index contributed by atoms with van der Waals surface area (Å²) in [5.41, 5.74) is 0.693. The number of urea groups is 1. The van der Waals surface area contributed by atoms with Gasteiger partial charge in [0.05, 0.1) is 6.61 Å². The van der Waals surface area contributed by atoms with Crippen LogP contribution in [0, 0.1) is 0 Å². The molecule has 2 N–H and O–H groups in total. The summed E-state index contributed by atoms with van der Waals surface area (Å²) in [7, 11) is 0. The number of benzene rings is 1. The average Bonchev–Trinajstić information content (AvgIpc) is 2.27. The van der Waals surface area contributed by atoms with Gasteiger partial charge in [-0.3, -0.25) is 0 Å². The monoisotopic (exact) mass is 242 g/mol.